The first-order chi connectivity index (χ1) is 10.7. The Balaban J connectivity index is 0.00000144. The van der Waals surface area contributed by atoms with E-state index < -0.39 is 0 Å². The number of aliphatic hydroxyl groups excluding tert-OH is 2. The minimum Gasteiger partial charge on any atom is -0.395 e. The summed E-state index contributed by atoms with van der Waals surface area (Å²) in [4.78, 5) is 4.58. The van der Waals surface area contributed by atoms with Crippen LogP contribution in [-0.2, 0) is 4.74 Å². The van der Waals surface area contributed by atoms with E-state index >= 15 is 0 Å². The van der Waals surface area contributed by atoms with Crippen molar-refractivity contribution in [1.29, 1.82) is 0 Å². The Bertz CT molecular complexity index is 344. The van der Waals surface area contributed by atoms with E-state index in [0.29, 0.717) is 13.2 Å². The summed E-state index contributed by atoms with van der Waals surface area (Å²) < 4.78 is 5.81. The third kappa shape index (κ3) is 6.27. The molecule has 3 rings (SSSR count). The highest BCUT2D eigenvalue weighted by Crippen LogP contribution is 2.48. The lowest BCUT2D eigenvalue weighted by Gasteiger charge is -2.35. The van der Waals surface area contributed by atoms with Gasteiger partial charge in [-0.25, -0.2) is 0 Å². The monoisotopic (exact) mass is 384 g/mol. The Labute approximate surface area is 158 Å². The summed E-state index contributed by atoms with van der Waals surface area (Å²) in [7, 11) is 0. The first-order valence-electron chi connectivity index (χ1n) is 9.06. The molecule has 3 aliphatic rings. The smallest absolute Gasteiger partial charge is 0.0900 e. The highest BCUT2D eigenvalue weighted by Gasteiger charge is 2.39. The van der Waals surface area contributed by atoms with Gasteiger partial charge in [0, 0.05) is 45.9 Å². The Kier molecular flexibility index (Phi) is 10.4. The number of rotatable bonds is 8. The van der Waals surface area contributed by atoms with E-state index in [1.807, 2.05) is 0 Å². The van der Waals surface area contributed by atoms with Gasteiger partial charge in [-0.05, 0) is 37.0 Å². The van der Waals surface area contributed by atoms with E-state index in [1.165, 1.54) is 25.7 Å². The van der Waals surface area contributed by atoms with Gasteiger partial charge in [-0.2, -0.15) is 0 Å². The van der Waals surface area contributed by atoms with Crippen molar-refractivity contribution in [1.82, 2.24) is 9.80 Å². The lowest BCUT2D eigenvalue weighted by molar-refractivity contribution is -0.00919. The number of fused-ring (bicyclic) bond motifs is 2. The van der Waals surface area contributed by atoms with Crippen molar-refractivity contribution < 1.29 is 14.9 Å². The molecule has 0 radical (unpaired) electrons. The summed E-state index contributed by atoms with van der Waals surface area (Å²) in [6, 6.07) is 0. The maximum atomic E-state index is 10.2. The number of halogens is 2. The van der Waals surface area contributed by atoms with Gasteiger partial charge in [0.05, 0.1) is 19.3 Å². The van der Waals surface area contributed by atoms with Crippen molar-refractivity contribution in [3.63, 3.8) is 0 Å². The minimum absolute atomic E-state index is 0. The second kappa shape index (κ2) is 11.2. The van der Waals surface area contributed by atoms with Crippen molar-refractivity contribution in [2.24, 2.45) is 17.8 Å². The number of piperazine rings is 1. The van der Waals surface area contributed by atoms with E-state index in [4.69, 9.17) is 9.84 Å². The molecule has 0 aromatic heterocycles. The summed E-state index contributed by atoms with van der Waals surface area (Å²) in [5.41, 5.74) is 0. The number of β-amino-alcohol motifs (C(OH)–C–C–N with tert-alkyl or cyclic N) is 2. The molecule has 7 heteroatoms. The van der Waals surface area contributed by atoms with Gasteiger partial charge < -0.3 is 14.9 Å². The maximum Gasteiger partial charge on any atom is 0.0900 e. The molecule has 4 atom stereocenters. The van der Waals surface area contributed by atoms with Crippen LogP contribution in [-0.4, -0.2) is 85.2 Å². The molecule has 0 aromatic carbocycles. The first kappa shape index (κ1) is 22.4. The average molecular weight is 385 g/mol. The van der Waals surface area contributed by atoms with Gasteiger partial charge in [0.2, 0.25) is 0 Å². The van der Waals surface area contributed by atoms with Gasteiger partial charge in [-0.1, -0.05) is 6.42 Å². The molecule has 4 unspecified atom stereocenters. The van der Waals surface area contributed by atoms with E-state index in [9.17, 15) is 5.11 Å². The van der Waals surface area contributed by atoms with Crippen LogP contribution >= 0.6 is 24.8 Å². The normalized spacial score (nSPS) is 31.5. The Hall–Kier alpha value is 0.380. The summed E-state index contributed by atoms with van der Waals surface area (Å²) in [5, 5.41) is 19.1. The standard InChI is InChI=1S/C17H32N2O3.2ClH/c20-8-7-18-3-5-19(6-4-18)11-17(21)13-22-12-16-10-14-1-2-15(16)9-14;;/h14-17,20-21H,1-13H2;2*1H. The van der Waals surface area contributed by atoms with Crippen molar-refractivity contribution in [3.05, 3.63) is 0 Å². The van der Waals surface area contributed by atoms with Gasteiger partial charge in [0.15, 0.2) is 0 Å². The number of aliphatic hydroxyl groups is 2. The van der Waals surface area contributed by atoms with Crippen molar-refractivity contribution >= 4 is 24.8 Å². The summed E-state index contributed by atoms with van der Waals surface area (Å²) in [6.45, 7) is 6.96. The van der Waals surface area contributed by atoms with Gasteiger partial charge in [0.25, 0.3) is 0 Å². The van der Waals surface area contributed by atoms with E-state index in [2.05, 4.69) is 9.80 Å². The molecule has 3 fully saturated rings. The summed E-state index contributed by atoms with van der Waals surface area (Å²) in [5.74, 6) is 2.63. The number of hydrogen-bond donors (Lipinski definition) is 2. The number of nitrogens with zero attached hydrogens (tertiary/aromatic N) is 2. The van der Waals surface area contributed by atoms with Crippen LogP contribution in [0.1, 0.15) is 25.7 Å². The quantitative estimate of drug-likeness (QED) is 0.659. The highest BCUT2D eigenvalue weighted by molar-refractivity contribution is 5.85. The fourth-order valence-electron chi connectivity index (χ4n) is 4.62. The van der Waals surface area contributed by atoms with E-state index in [0.717, 1.165) is 57.1 Å². The van der Waals surface area contributed by atoms with Crippen LogP contribution in [0.25, 0.3) is 0 Å². The Morgan fingerprint density at radius 2 is 1.71 bits per heavy atom. The molecule has 5 nitrogen and oxygen atoms in total. The third-order valence-electron chi connectivity index (χ3n) is 5.88. The van der Waals surface area contributed by atoms with Gasteiger partial charge >= 0.3 is 0 Å². The fraction of sp³-hybridized carbons (Fsp3) is 1.00. The molecule has 0 aromatic rings. The molecule has 2 saturated carbocycles. The molecule has 2 bridgehead atoms. The van der Waals surface area contributed by atoms with Crippen LogP contribution in [0.3, 0.4) is 0 Å². The van der Waals surface area contributed by atoms with Gasteiger partial charge in [0.1, 0.15) is 0 Å². The summed E-state index contributed by atoms with van der Waals surface area (Å²) in [6.07, 6.45) is 5.25. The van der Waals surface area contributed by atoms with Crippen molar-refractivity contribution in [3.8, 4) is 0 Å². The van der Waals surface area contributed by atoms with Crippen molar-refractivity contribution in [2.45, 2.75) is 31.8 Å². The minimum atomic E-state index is -0.372. The van der Waals surface area contributed by atoms with Crippen LogP contribution in [0.5, 0.6) is 0 Å². The van der Waals surface area contributed by atoms with Crippen LogP contribution in [0.4, 0.5) is 0 Å². The topological polar surface area (TPSA) is 56.2 Å². The molecule has 0 amide bonds. The molecule has 1 saturated heterocycles. The van der Waals surface area contributed by atoms with Crippen LogP contribution < -0.4 is 0 Å². The van der Waals surface area contributed by atoms with Crippen LogP contribution in [0.2, 0.25) is 0 Å². The molecule has 0 spiro atoms. The second-order valence-corrected chi connectivity index (χ2v) is 7.49. The van der Waals surface area contributed by atoms with E-state index in [1.54, 1.807) is 0 Å². The largest absolute Gasteiger partial charge is 0.395 e. The predicted molar refractivity (Wildman–Crippen MR) is 100 cm³/mol. The second-order valence-electron chi connectivity index (χ2n) is 7.49. The molecule has 144 valence electrons. The summed E-state index contributed by atoms with van der Waals surface area (Å²) >= 11 is 0. The molecule has 1 heterocycles. The molecule has 2 aliphatic carbocycles. The van der Waals surface area contributed by atoms with Crippen LogP contribution in [0.15, 0.2) is 0 Å². The van der Waals surface area contributed by atoms with Crippen molar-refractivity contribution in [2.75, 3.05) is 59.1 Å². The van der Waals surface area contributed by atoms with E-state index in [-0.39, 0.29) is 37.5 Å². The first-order valence-corrected chi connectivity index (χ1v) is 9.06. The predicted octanol–water partition coefficient (Wildman–Crippen LogP) is 1.25. The van der Waals surface area contributed by atoms with Gasteiger partial charge in [-0.15, -0.1) is 24.8 Å². The zero-order chi connectivity index (χ0) is 15.4. The van der Waals surface area contributed by atoms with Crippen LogP contribution in [0, 0.1) is 17.8 Å². The third-order valence-corrected chi connectivity index (χ3v) is 5.88. The maximum absolute atomic E-state index is 10.2. The average Bonchev–Trinajstić information content (AvgIpc) is 3.12. The molecule has 1 aliphatic heterocycles. The number of hydrogen-bond acceptors (Lipinski definition) is 5. The fourth-order valence-corrected chi connectivity index (χ4v) is 4.62. The lowest BCUT2D eigenvalue weighted by Crippen LogP contribution is -2.49. The SMILES string of the molecule is Cl.Cl.OCCN1CCN(CC(O)COCC2CC3CCC2C3)CC1. The Morgan fingerprint density at radius 1 is 1.00 bits per heavy atom. The lowest BCUT2D eigenvalue weighted by atomic mass is 9.90. The zero-order valence-electron chi connectivity index (χ0n) is 14.5. The molecular formula is C17H34Cl2N2O3. The molecule has 24 heavy (non-hydrogen) atoms. The zero-order valence-corrected chi connectivity index (χ0v) is 16.1. The van der Waals surface area contributed by atoms with Gasteiger partial charge in [-0.3, -0.25) is 9.80 Å². The number of ether oxygens (including phenoxy) is 1. The molecule has 2 N–H and O–H groups in total. The highest BCUT2D eigenvalue weighted by atomic mass is 35.5. The molecular weight excluding hydrogens is 351 g/mol. The Morgan fingerprint density at radius 3 is 2.29 bits per heavy atom.